The first kappa shape index (κ1) is 56.8. The second-order valence-electron chi connectivity index (χ2n) is 18.1. The summed E-state index contributed by atoms with van der Waals surface area (Å²) in [6.07, 6.45) is 47.7. The first-order valence-electron chi connectivity index (χ1n) is 24.9. The number of carboxylic acid groups (broad SMARTS) is 1. The largest absolute Gasteiger partial charge is 0.544 e. The molecule has 346 valence electrons. The van der Waals surface area contributed by atoms with Crippen LogP contribution in [0.15, 0.2) is 24.3 Å². The fraction of sp³-hybridized carbons (Fsp3) is 0.863. The first-order valence-corrected chi connectivity index (χ1v) is 24.9. The predicted octanol–water partition coefficient (Wildman–Crippen LogP) is 12.7. The summed E-state index contributed by atoms with van der Waals surface area (Å²) in [5.74, 6) is -1.74. The van der Waals surface area contributed by atoms with Crippen molar-refractivity contribution in [1.82, 2.24) is 0 Å². The van der Waals surface area contributed by atoms with Crippen molar-refractivity contribution in [3.8, 4) is 0 Å². The number of nitrogens with zero attached hydrogens (tertiary/aromatic N) is 1. The fourth-order valence-corrected chi connectivity index (χ4v) is 7.48. The molecule has 0 aliphatic carbocycles. The van der Waals surface area contributed by atoms with Crippen LogP contribution in [0.5, 0.6) is 0 Å². The zero-order valence-corrected chi connectivity index (χ0v) is 39.4. The lowest BCUT2D eigenvalue weighted by atomic mass is 10.0. The summed E-state index contributed by atoms with van der Waals surface area (Å²) in [5.41, 5.74) is 0. The molecule has 0 aliphatic rings. The number of quaternary nitrogens is 1. The van der Waals surface area contributed by atoms with Crippen LogP contribution in [0.2, 0.25) is 0 Å². The molecule has 0 saturated heterocycles. The van der Waals surface area contributed by atoms with Gasteiger partial charge in [0.2, 0.25) is 0 Å². The van der Waals surface area contributed by atoms with E-state index in [4.69, 9.17) is 14.2 Å². The maximum absolute atomic E-state index is 12.8. The normalized spacial score (nSPS) is 13.0. The molecule has 0 aliphatic heterocycles. The second kappa shape index (κ2) is 42.5. The van der Waals surface area contributed by atoms with Gasteiger partial charge in [-0.25, -0.2) is 0 Å². The molecule has 0 saturated carbocycles. The van der Waals surface area contributed by atoms with Crippen LogP contribution in [0.3, 0.4) is 0 Å². The van der Waals surface area contributed by atoms with Crippen molar-refractivity contribution in [2.45, 2.75) is 244 Å². The van der Waals surface area contributed by atoms with Gasteiger partial charge in [0, 0.05) is 19.3 Å². The Bertz CT molecular complexity index is 1020. The number of hydrogen-bond acceptors (Lipinski definition) is 7. The minimum Gasteiger partial charge on any atom is -0.544 e. The number of esters is 2. The van der Waals surface area contributed by atoms with Gasteiger partial charge in [-0.15, -0.1) is 0 Å². The van der Waals surface area contributed by atoms with Crippen LogP contribution in [0.25, 0.3) is 0 Å². The number of rotatable bonds is 45. The van der Waals surface area contributed by atoms with E-state index in [1.165, 1.54) is 141 Å². The molecule has 2 atom stereocenters. The minimum absolute atomic E-state index is 0.0386. The number of carboxylic acids is 1. The van der Waals surface area contributed by atoms with Crippen LogP contribution in [-0.4, -0.2) is 75.5 Å². The van der Waals surface area contributed by atoms with Gasteiger partial charge in [0.25, 0.3) is 0 Å². The first-order chi connectivity index (χ1) is 28.6. The molecular formula is C51H95NO7. The summed E-state index contributed by atoms with van der Waals surface area (Å²) < 4.78 is 17.2. The van der Waals surface area contributed by atoms with Crippen LogP contribution >= 0.6 is 0 Å². The predicted molar refractivity (Wildman–Crippen MR) is 245 cm³/mol. The van der Waals surface area contributed by atoms with Gasteiger partial charge in [-0.05, 0) is 38.5 Å². The van der Waals surface area contributed by atoms with Gasteiger partial charge in [-0.3, -0.25) is 9.59 Å². The highest BCUT2D eigenvalue weighted by atomic mass is 16.6. The highest BCUT2D eigenvalue weighted by Crippen LogP contribution is 2.16. The van der Waals surface area contributed by atoms with E-state index in [1.807, 2.05) is 0 Å². The molecule has 0 amide bonds. The van der Waals surface area contributed by atoms with Crippen molar-refractivity contribution in [2.24, 2.45) is 0 Å². The Morgan fingerprint density at radius 1 is 0.508 bits per heavy atom. The van der Waals surface area contributed by atoms with Crippen molar-refractivity contribution >= 4 is 17.9 Å². The molecule has 8 nitrogen and oxygen atoms in total. The zero-order valence-electron chi connectivity index (χ0n) is 39.4. The molecule has 0 rings (SSSR count). The summed E-state index contributed by atoms with van der Waals surface area (Å²) in [6.45, 7) is 4.68. The third-order valence-corrected chi connectivity index (χ3v) is 11.4. The van der Waals surface area contributed by atoms with Gasteiger partial charge in [0.1, 0.15) is 12.6 Å². The van der Waals surface area contributed by atoms with E-state index in [1.54, 1.807) is 21.1 Å². The summed E-state index contributed by atoms with van der Waals surface area (Å²) in [5, 5.41) is 11.6. The average Bonchev–Trinajstić information content (AvgIpc) is 3.19. The number of carbonyl (C=O) groups excluding carboxylic acids is 3. The Morgan fingerprint density at radius 2 is 0.881 bits per heavy atom. The minimum atomic E-state index is -1.12. The van der Waals surface area contributed by atoms with Crippen molar-refractivity contribution in [3.63, 3.8) is 0 Å². The van der Waals surface area contributed by atoms with Crippen molar-refractivity contribution in [1.29, 1.82) is 0 Å². The second-order valence-corrected chi connectivity index (χ2v) is 18.1. The van der Waals surface area contributed by atoms with Crippen LogP contribution in [0, 0.1) is 0 Å². The van der Waals surface area contributed by atoms with Gasteiger partial charge < -0.3 is 28.6 Å². The van der Waals surface area contributed by atoms with Gasteiger partial charge in [-0.1, -0.05) is 199 Å². The monoisotopic (exact) mass is 834 g/mol. The van der Waals surface area contributed by atoms with Crippen molar-refractivity contribution in [3.05, 3.63) is 24.3 Å². The van der Waals surface area contributed by atoms with Gasteiger partial charge in [0.15, 0.2) is 6.10 Å². The molecule has 8 heteroatoms. The standard InChI is InChI=1S/C51H95NO7/c1-6-8-10-12-14-16-18-20-22-24-26-28-30-32-34-36-38-40-42-50(54)59-47(45-57-44-43-48(51(55)56)52(3,4)5)46-58-49(53)41-39-37-35-33-31-29-27-25-23-21-19-17-15-13-11-9-7-2/h22,24,26,28,47-48H,6-21,23,25,27,29-46H2,1-5H3/b24-22+,28-26+. The summed E-state index contributed by atoms with van der Waals surface area (Å²) in [6, 6.07) is -0.726. The molecular weight excluding hydrogens is 739 g/mol. The van der Waals surface area contributed by atoms with Crippen LogP contribution in [0.1, 0.15) is 232 Å². The van der Waals surface area contributed by atoms with Crippen molar-refractivity contribution < 1.29 is 38.2 Å². The molecule has 0 aromatic carbocycles. The van der Waals surface area contributed by atoms with E-state index in [-0.39, 0.29) is 42.7 Å². The Hall–Kier alpha value is -2.19. The van der Waals surface area contributed by atoms with Gasteiger partial charge >= 0.3 is 11.9 Å². The number of unbranched alkanes of at least 4 members (excludes halogenated alkanes) is 28. The molecule has 2 unspecified atom stereocenters. The Balaban J connectivity index is 4.28. The third kappa shape index (κ3) is 41.0. The lowest BCUT2D eigenvalue weighted by Gasteiger charge is -2.34. The molecule has 0 fully saturated rings. The number of carbonyl (C=O) groups is 3. The maximum Gasteiger partial charge on any atom is 0.306 e. The zero-order chi connectivity index (χ0) is 43.5. The summed E-state index contributed by atoms with van der Waals surface area (Å²) in [7, 11) is 5.41. The number of ether oxygens (including phenoxy) is 3. The van der Waals surface area contributed by atoms with Crippen LogP contribution in [0.4, 0.5) is 0 Å². The van der Waals surface area contributed by atoms with E-state index < -0.39 is 18.1 Å². The van der Waals surface area contributed by atoms with Gasteiger partial charge in [-0.2, -0.15) is 0 Å². The molecule has 59 heavy (non-hydrogen) atoms. The topological polar surface area (TPSA) is 102 Å². The maximum atomic E-state index is 12.8. The molecule has 0 aromatic heterocycles. The van der Waals surface area contributed by atoms with Gasteiger partial charge in [0.05, 0.1) is 40.3 Å². The molecule has 0 N–H and O–H groups in total. The van der Waals surface area contributed by atoms with E-state index in [2.05, 4.69) is 38.2 Å². The summed E-state index contributed by atoms with van der Waals surface area (Å²) in [4.78, 5) is 37.0. The average molecular weight is 834 g/mol. The van der Waals surface area contributed by atoms with Crippen LogP contribution < -0.4 is 5.11 Å². The van der Waals surface area contributed by atoms with E-state index in [0.717, 1.165) is 57.8 Å². The molecule has 0 radical (unpaired) electrons. The molecule has 0 bridgehead atoms. The lowest BCUT2D eigenvalue weighted by molar-refractivity contribution is -0.889. The van der Waals surface area contributed by atoms with E-state index in [9.17, 15) is 19.5 Å². The quantitative estimate of drug-likeness (QED) is 0.0260. The van der Waals surface area contributed by atoms with E-state index in [0.29, 0.717) is 12.8 Å². The molecule has 0 spiro atoms. The Labute approximate surface area is 364 Å². The summed E-state index contributed by atoms with van der Waals surface area (Å²) >= 11 is 0. The van der Waals surface area contributed by atoms with Crippen molar-refractivity contribution in [2.75, 3.05) is 41.0 Å². The number of allylic oxidation sites excluding steroid dienone is 4. The Morgan fingerprint density at radius 3 is 1.27 bits per heavy atom. The van der Waals surface area contributed by atoms with Crippen LogP contribution in [-0.2, 0) is 28.6 Å². The number of likely N-dealkylation sites (N-methyl/N-ethyl adjacent to an activating group) is 1. The highest BCUT2D eigenvalue weighted by molar-refractivity contribution is 5.70. The highest BCUT2D eigenvalue weighted by Gasteiger charge is 2.25. The molecule has 0 heterocycles. The lowest BCUT2D eigenvalue weighted by Crippen LogP contribution is -2.55. The third-order valence-electron chi connectivity index (χ3n) is 11.4. The van der Waals surface area contributed by atoms with E-state index >= 15 is 0 Å². The SMILES string of the molecule is CCCCCCCCC/C=C/C=C/CCCCCCCC(=O)OC(COCCC(C(=O)[O-])[N+](C)(C)C)COC(=O)CCCCCCCCCCCCCCCCCCC. The number of aliphatic carboxylic acids is 1. The Kier molecular flexibility index (Phi) is 40.9. The smallest absolute Gasteiger partial charge is 0.306 e. The number of hydrogen-bond donors (Lipinski definition) is 0. The molecule has 0 aromatic rings. The fourth-order valence-electron chi connectivity index (χ4n) is 7.48.